The van der Waals surface area contributed by atoms with Gasteiger partial charge in [0, 0.05) is 11.3 Å². The molecule has 0 radical (unpaired) electrons. The summed E-state index contributed by atoms with van der Waals surface area (Å²) in [5.41, 5.74) is 1.48. The van der Waals surface area contributed by atoms with Crippen molar-refractivity contribution in [3.63, 3.8) is 0 Å². The number of carbonyl (C=O) groups is 2. The molecule has 19 heavy (non-hydrogen) atoms. The summed E-state index contributed by atoms with van der Waals surface area (Å²) in [4.78, 5) is 21.8. The van der Waals surface area contributed by atoms with Crippen molar-refractivity contribution in [2.45, 2.75) is 13.5 Å². The predicted octanol–water partition coefficient (Wildman–Crippen LogP) is 2.79. The molecule has 0 bridgehead atoms. The number of Topliss-reactive ketones (excluding diaryl/α,β-unsaturated/α-hetero) is 1. The van der Waals surface area contributed by atoms with Crippen molar-refractivity contribution in [1.29, 1.82) is 0 Å². The van der Waals surface area contributed by atoms with Gasteiger partial charge in [0.25, 0.3) is 0 Å². The second kappa shape index (κ2) is 5.39. The van der Waals surface area contributed by atoms with Crippen LogP contribution in [0.4, 0.5) is 5.69 Å². The van der Waals surface area contributed by atoms with Gasteiger partial charge >= 0.3 is 5.97 Å². The Morgan fingerprint density at radius 2 is 1.84 bits per heavy atom. The van der Waals surface area contributed by atoms with Gasteiger partial charge in [-0.15, -0.1) is 0 Å². The van der Waals surface area contributed by atoms with Crippen LogP contribution < -0.4 is 5.32 Å². The highest BCUT2D eigenvalue weighted by molar-refractivity contribution is 5.94. The molecule has 0 aliphatic carbocycles. The topological polar surface area (TPSA) is 79.5 Å². The Bertz CT molecular complexity index is 598. The third kappa shape index (κ3) is 3.22. The first-order valence-electron chi connectivity index (χ1n) is 5.73. The molecule has 2 N–H and O–H groups in total. The van der Waals surface area contributed by atoms with Crippen LogP contribution in [0.2, 0.25) is 0 Å². The third-order valence-corrected chi connectivity index (χ3v) is 2.63. The summed E-state index contributed by atoms with van der Waals surface area (Å²) >= 11 is 0. The van der Waals surface area contributed by atoms with Crippen LogP contribution in [0.15, 0.2) is 40.8 Å². The van der Waals surface area contributed by atoms with Crippen molar-refractivity contribution in [1.82, 2.24) is 0 Å². The fourth-order valence-corrected chi connectivity index (χ4v) is 1.60. The van der Waals surface area contributed by atoms with Gasteiger partial charge in [-0.25, -0.2) is 4.79 Å². The molecule has 0 unspecified atom stereocenters. The lowest BCUT2D eigenvalue weighted by molar-refractivity contribution is 0.0660. The van der Waals surface area contributed by atoms with Gasteiger partial charge < -0.3 is 14.8 Å². The summed E-state index contributed by atoms with van der Waals surface area (Å²) in [6, 6.07) is 10.1. The number of nitrogens with one attached hydrogen (secondary N) is 1. The highest BCUT2D eigenvalue weighted by Gasteiger charge is 2.08. The number of ketones is 1. The lowest BCUT2D eigenvalue weighted by Crippen LogP contribution is -1.99. The minimum atomic E-state index is -1.09. The zero-order valence-electron chi connectivity index (χ0n) is 10.3. The first-order valence-corrected chi connectivity index (χ1v) is 5.73. The van der Waals surface area contributed by atoms with Crippen LogP contribution in [-0.2, 0) is 6.54 Å². The average molecular weight is 259 g/mol. The molecule has 0 saturated heterocycles. The quantitative estimate of drug-likeness (QED) is 0.807. The first-order chi connectivity index (χ1) is 9.06. The number of benzene rings is 1. The Hall–Kier alpha value is -2.56. The lowest BCUT2D eigenvalue weighted by atomic mass is 10.1. The maximum atomic E-state index is 11.1. The van der Waals surface area contributed by atoms with Crippen molar-refractivity contribution >= 4 is 17.4 Å². The molecule has 1 aromatic carbocycles. The number of furan rings is 1. The van der Waals surface area contributed by atoms with E-state index in [-0.39, 0.29) is 11.5 Å². The molecule has 0 atom stereocenters. The van der Waals surface area contributed by atoms with E-state index in [1.54, 1.807) is 30.3 Å². The standard InChI is InChI=1S/C14H13NO4/c1-9(16)10-2-4-11(5-3-10)15-8-12-6-7-13(19-12)14(17)18/h2-7,15H,8H2,1H3,(H,17,18). The van der Waals surface area contributed by atoms with Gasteiger partial charge in [0.15, 0.2) is 5.78 Å². The lowest BCUT2D eigenvalue weighted by Gasteiger charge is -2.04. The predicted molar refractivity (Wildman–Crippen MR) is 69.4 cm³/mol. The zero-order valence-corrected chi connectivity index (χ0v) is 10.3. The summed E-state index contributed by atoms with van der Waals surface area (Å²) in [7, 11) is 0. The highest BCUT2D eigenvalue weighted by atomic mass is 16.4. The molecule has 5 heteroatoms. The Kier molecular flexibility index (Phi) is 3.66. The van der Waals surface area contributed by atoms with E-state index in [0.29, 0.717) is 17.9 Å². The molecule has 0 amide bonds. The Balaban J connectivity index is 1.97. The van der Waals surface area contributed by atoms with Gasteiger partial charge in [0.1, 0.15) is 5.76 Å². The average Bonchev–Trinajstić information content (AvgIpc) is 2.86. The fourth-order valence-electron chi connectivity index (χ4n) is 1.60. The van der Waals surface area contributed by atoms with Crippen LogP contribution in [0.3, 0.4) is 0 Å². The summed E-state index contributed by atoms with van der Waals surface area (Å²) in [6.45, 7) is 1.89. The molecule has 0 saturated carbocycles. The fraction of sp³-hybridized carbons (Fsp3) is 0.143. The minimum Gasteiger partial charge on any atom is -0.475 e. The zero-order chi connectivity index (χ0) is 13.8. The Labute approximate surface area is 109 Å². The molecular weight excluding hydrogens is 246 g/mol. The Morgan fingerprint density at radius 1 is 1.16 bits per heavy atom. The number of carboxylic acid groups (broad SMARTS) is 1. The molecule has 2 rings (SSSR count). The van der Waals surface area contributed by atoms with Crippen LogP contribution in [0.1, 0.15) is 33.6 Å². The van der Waals surface area contributed by atoms with Crippen LogP contribution in [0.5, 0.6) is 0 Å². The van der Waals surface area contributed by atoms with Crippen LogP contribution in [-0.4, -0.2) is 16.9 Å². The van der Waals surface area contributed by atoms with Crippen molar-refractivity contribution in [2.75, 3.05) is 5.32 Å². The molecule has 0 aliphatic heterocycles. The van der Waals surface area contributed by atoms with E-state index in [1.165, 1.54) is 13.0 Å². The number of carboxylic acids is 1. The van der Waals surface area contributed by atoms with E-state index >= 15 is 0 Å². The number of aromatic carboxylic acids is 1. The molecule has 98 valence electrons. The van der Waals surface area contributed by atoms with E-state index in [4.69, 9.17) is 9.52 Å². The first kappa shape index (κ1) is 12.9. The van der Waals surface area contributed by atoms with Crippen LogP contribution in [0.25, 0.3) is 0 Å². The Morgan fingerprint density at radius 3 is 2.37 bits per heavy atom. The molecular formula is C14H13NO4. The maximum Gasteiger partial charge on any atom is 0.371 e. The van der Waals surface area contributed by atoms with Crippen molar-refractivity contribution in [2.24, 2.45) is 0 Å². The van der Waals surface area contributed by atoms with Crippen molar-refractivity contribution in [3.8, 4) is 0 Å². The monoisotopic (exact) mass is 259 g/mol. The molecule has 0 fully saturated rings. The second-order valence-corrected chi connectivity index (χ2v) is 4.06. The molecule has 1 heterocycles. The van der Waals surface area contributed by atoms with E-state index in [0.717, 1.165) is 5.69 Å². The summed E-state index contributed by atoms with van der Waals surface area (Å²) in [6.07, 6.45) is 0. The van der Waals surface area contributed by atoms with Gasteiger partial charge in [0.05, 0.1) is 6.54 Å². The highest BCUT2D eigenvalue weighted by Crippen LogP contribution is 2.13. The van der Waals surface area contributed by atoms with E-state index in [2.05, 4.69) is 5.32 Å². The summed E-state index contributed by atoms with van der Waals surface area (Å²) in [5.74, 6) is -0.613. The normalized spacial score (nSPS) is 10.2. The maximum absolute atomic E-state index is 11.1. The van der Waals surface area contributed by atoms with Gasteiger partial charge in [-0.3, -0.25) is 4.79 Å². The SMILES string of the molecule is CC(=O)c1ccc(NCc2ccc(C(=O)O)o2)cc1. The smallest absolute Gasteiger partial charge is 0.371 e. The van der Waals surface area contributed by atoms with Crippen LogP contribution in [0, 0.1) is 0 Å². The number of hydrogen-bond acceptors (Lipinski definition) is 4. The number of anilines is 1. The molecule has 5 nitrogen and oxygen atoms in total. The number of hydrogen-bond donors (Lipinski definition) is 2. The molecule has 0 spiro atoms. The number of carbonyl (C=O) groups excluding carboxylic acids is 1. The minimum absolute atomic E-state index is 0.0173. The van der Waals surface area contributed by atoms with Gasteiger partial charge in [-0.2, -0.15) is 0 Å². The van der Waals surface area contributed by atoms with Gasteiger partial charge in [-0.1, -0.05) is 0 Å². The third-order valence-electron chi connectivity index (χ3n) is 2.63. The van der Waals surface area contributed by atoms with Gasteiger partial charge in [0.2, 0.25) is 5.76 Å². The molecule has 0 aliphatic rings. The number of rotatable bonds is 5. The second-order valence-electron chi connectivity index (χ2n) is 4.06. The van der Waals surface area contributed by atoms with Gasteiger partial charge in [-0.05, 0) is 43.3 Å². The summed E-state index contributed by atoms with van der Waals surface area (Å²) < 4.78 is 5.11. The van der Waals surface area contributed by atoms with Crippen molar-refractivity contribution < 1.29 is 19.1 Å². The van der Waals surface area contributed by atoms with E-state index in [9.17, 15) is 9.59 Å². The van der Waals surface area contributed by atoms with Crippen LogP contribution >= 0.6 is 0 Å². The molecule has 2 aromatic rings. The molecule has 1 aromatic heterocycles. The summed E-state index contributed by atoms with van der Waals surface area (Å²) in [5, 5.41) is 11.8. The van der Waals surface area contributed by atoms with E-state index in [1.807, 2.05) is 0 Å². The van der Waals surface area contributed by atoms with E-state index < -0.39 is 5.97 Å². The largest absolute Gasteiger partial charge is 0.475 e. The van der Waals surface area contributed by atoms with Crippen molar-refractivity contribution in [3.05, 3.63) is 53.5 Å².